The number of carbonyl (C=O) groups is 2. The van der Waals surface area contributed by atoms with E-state index < -0.39 is 0 Å². The largest absolute Gasteiger partial charge is 0.338 e. The molecule has 1 fully saturated rings. The van der Waals surface area contributed by atoms with Gasteiger partial charge in [0.2, 0.25) is 5.91 Å². The van der Waals surface area contributed by atoms with Crippen molar-refractivity contribution in [2.45, 2.75) is 64.0 Å². The second-order valence-electron chi connectivity index (χ2n) is 6.53. The van der Waals surface area contributed by atoms with E-state index in [0.29, 0.717) is 25.4 Å². The van der Waals surface area contributed by atoms with Crippen LogP contribution in [0.2, 0.25) is 0 Å². The van der Waals surface area contributed by atoms with Gasteiger partial charge in [-0.15, -0.1) is 11.3 Å². The van der Waals surface area contributed by atoms with Crippen LogP contribution >= 0.6 is 11.3 Å². The molecule has 2 N–H and O–H groups in total. The highest BCUT2D eigenvalue weighted by Gasteiger charge is 2.18. The first kappa shape index (κ1) is 18.8. The maximum absolute atomic E-state index is 12.2. The standard InChI is InChI=1S/C18H29N3O2S/c1-14(16-10-7-13-24-16)21(2)17(22)11-6-12-19-18(23)20-15-8-4-3-5-9-15/h7,10,13-15H,3-6,8-9,11-12H2,1-2H3,(H2,19,20,23). The first-order valence-electron chi connectivity index (χ1n) is 8.91. The van der Waals surface area contributed by atoms with Gasteiger partial charge in [-0.05, 0) is 37.6 Å². The highest BCUT2D eigenvalue weighted by molar-refractivity contribution is 7.10. The first-order valence-corrected chi connectivity index (χ1v) is 9.79. The van der Waals surface area contributed by atoms with E-state index in [0.717, 1.165) is 12.8 Å². The zero-order valence-electron chi connectivity index (χ0n) is 14.7. The molecule has 5 nitrogen and oxygen atoms in total. The van der Waals surface area contributed by atoms with Gasteiger partial charge in [0.05, 0.1) is 6.04 Å². The van der Waals surface area contributed by atoms with Gasteiger partial charge >= 0.3 is 6.03 Å². The van der Waals surface area contributed by atoms with Gasteiger partial charge in [-0.2, -0.15) is 0 Å². The van der Waals surface area contributed by atoms with Crippen molar-refractivity contribution < 1.29 is 9.59 Å². The van der Waals surface area contributed by atoms with E-state index in [2.05, 4.69) is 16.7 Å². The van der Waals surface area contributed by atoms with Crippen LogP contribution in [0.4, 0.5) is 4.79 Å². The molecule has 0 saturated heterocycles. The summed E-state index contributed by atoms with van der Waals surface area (Å²) in [5.74, 6) is 0.116. The van der Waals surface area contributed by atoms with E-state index in [1.807, 2.05) is 25.4 Å². The molecule has 6 heteroatoms. The molecule has 0 aliphatic heterocycles. The third kappa shape index (κ3) is 5.82. The van der Waals surface area contributed by atoms with Crippen LogP contribution in [0.25, 0.3) is 0 Å². The molecule has 0 spiro atoms. The number of carbonyl (C=O) groups excluding carboxylic acids is 2. The Morgan fingerprint density at radius 2 is 2.08 bits per heavy atom. The molecule has 1 aliphatic rings. The number of hydrogen-bond acceptors (Lipinski definition) is 3. The maximum atomic E-state index is 12.2. The van der Waals surface area contributed by atoms with Crippen LogP contribution in [-0.2, 0) is 4.79 Å². The highest BCUT2D eigenvalue weighted by Crippen LogP contribution is 2.23. The summed E-state index contributed by atoms with van der Waals surface area (Å²) < 4.78 is 0. The zero-order valence-corrected chi connectivity index (χ0v) is 15.5. The number of urea groups is 1. The van der Waals surface area contributed by atoms with Crippen LogP contribution in [0.1, 0.15) is 62.8 Å². The van der Waals surface area contributed by atoms with E-state index in [-0.39, 0.29) is 18.0 Å². The molecule has 1 atom stereocenters. The maximum Gasteiger partial charge on any atom is 0.315 e. The topological polar surface area (TPSA) is 61.4 Å². The van der Waals surface area contributed by atoms with Gasteiger partial charge in [0, 0.05) is 30.9 Å². The van der Waals surface area contributed by atoms with Crippen molar-refractivity contribution in [3.05, 3.63) is 22.4 Å². The predicted molar refractivity (Wildman–Crippen MR) is 98.1 cm³/mol. The summed E-state index contributed by atoms with van der Waals surface area (Å²) in [6, 6.07) is 4.37. The van der Waals surface area contributed by atoms with Crippen molar-refractivity contribution >= 4 is 23.3 Å². The SMILES string of the molecule is CC(c1cccs1)N(C)C(=O)CCCNC(=O)NC1CCCCC1. The second-order valence-corrected chi connectivity index (χ2v) is 7.51. The van der Waals surface area contributed by atoms with Crippen molar-refractivity contribution in [1.82, 2.24) is 15.5 Å². The van der Waals surface area contributed by atoms with E-state index in [9.17, 15) is 9.59 Å². The molecule has 1 saturated carbocycles. The molecule has 134 valence electrons. The van der Waals surface area contributed by atoms with Crippen molar-refractivity contribution in [3.8, 4) is 0 Å². The number of nitrogens with zero attached hydrogens (tertiary/aromatic N) is 1. The minimum Gasteiger partial charge on any atom is -0.338 e. The third-order valence-corrected chi connectivity index (χ3v) is 5.77. The minimum atomic E-state index is -0.102. The number of amides is 3. The third-order valence-electron chi connectivity index (χ3n) is 4.72. The molecule has 0 bridgehead atoms. The van der Waals surface area contributed by atoms with E-state index in [1.165, 1.54) is 24.1 Å². The van der Waals surface area contributed by atoms with Gasteiger partial charge in [0.1, 0.15) is 0 Å². The molecule has 1 unspecified atom stereocenters. The fourth-order valence-electron chi connectivity index (χ4n) is 3.04. The highest BCUT2D eigenvalue weighted by atomic mass is 32.1. The predicted octanol–water partition coefficient (Wildman–Crippen LogP) is 3.68. The molecule has 24 heavy (non-hydrogen) atoms. The summed E-state index contributed by atoms with van der Waals surface area (Å²) >= 11 is 1.67. The molecule has 1 aromatic heterocycles. The molecule has 0 aromatic carbocycles. The lowest BCUT2D eigenvalue weighted by Gasteiger charge is -2.24. The van der Waals surface area contributed by atoms with Crippen LogP contribution in [0.3, 0.4) is 0 Å². The molecule has 3 amide bonds. The number of nitrogens with one attached hydrogen (secondary N) is 2. The van der Waals surface area contributed by atoms with Crippen LogP contribution < -0.4 is 10.6 Å². The first-order chi connectivity index (χ1) is 11.6. The summed E-state index contributed by atoms with van der Waals surface area (Å²) in [5, 5.41) is 7.91. The van der Waals surface area contributed by atoms with Crippen molar-refractivity contribution in [2.75, 3.05) is 13.6 Å². The Morgan fingerprint density at radius 1 is 1.33 bits per heavy atom. The molecule has 1 aliphatic carbocycles. The summed E-state index contributed by atoms with van der Waals surface area (Å²) in [5.41, 5.74) is 0. The average Bonchev–Trinajstić information content (AvgIpc) is 3.12. The van der Waals surface area contributed by atoms with Gasteiger partial charge in [-0.25, -0.2) is 4.79 Å². The van der Waals surface area contributed by atoms with Gasteiger partial charge in [-0.1, -0.05) is 25.3 Å². The Balaban J connectivity index is 1.60. The van der Waals surface area contributed by atoms with Crippen molar-refractivity contribution in [1.29, 1.82) is 0 Å². The number of thiophene rings is 1. The Bertz CT molecular complexity index is 512. The van der Waals surface area contributed by atoms with Gasteiger partial charge in [0.15, 0.2) is 0 Å². The van der Waals surface area contributed by atoms with Crippen LogP contribution in [0.5, 0.6) is 0 Å². The Labute approximate surface area is 148 Å². The molecular weight excluding hydrogens is 322 g/mol. The second kappa shape index (κ2) is 9.67. The zero-order chi connectivity index (χ0) is 17.4. The molecular formula is C18H29N3O2S. The summed E-state index contributed by atoms with van der Waals surface area (Å²) in [6.07, 6.45) is 6.96. The van der Waals surface area contributed by atoms with E-state index >= 15 is 0 Å². The summed E-state index contributed by atoms with van der Waals surface area (Å²) in [7, 11) is 1.84. The van der Waals surface area contributed by atoms with Gasteiger partial charge in [-0.3, -0.25) is 4.79 Å². The number of hydrogen-bond donors (Lipinski definition) is 2. The van der Waals surface area contributed by atoms with Crippen LogP contribution in [0.15, 0.2) is 17.5 Å². The van der Waals surface area contributed by atoms with Crippen molar-refractivity contribution in [2.24, 2.45) is 0 Å². The molecule has 2 rings (SSSR count). The number of rotatable bonds is 7. The Kier molecular flexibility index (Phi) is 7.56. The quantitative estimate of drug-likeness (QED) is 0.736. The van der Waals surface area contributed by atoms with Gasteiger partial charge in [0.25, 0.3) is 0 Å². The van der Waals surface area contributed by atoms with E-state index in [4.69, 9.17) is 0 Å². The smallest absolute Gasteiger partial charge is 0.315 e. The fourth-order valence-corrected chi connectivity index (χ4v) is 3.86. The van der Waals surface area contributed by atoms with Crippen LogP contribution in [0, 0.1) is 0 Å². The normalized spacial score (nSPS) is 16.4. The van der Waals surface area contributed by atoms with Crippen LogP contribution in [-0.4, -0.2) is 36.5 Å². The average molecular weight is 352 g/mol. The summed E-state index contributed by atoms with van der Waals surface area (Å²) in [6.45, 7) is 2.57. The minimum absolute atomic E-state index is 0.0973. The fraction of sp³-hybridized carbons (Fsp3) is 0.667. The molecule has 1 aromatic rings. The Morgan fingerprint density at radius 3 is 2.75 bits per heavy atom. The van der Waals surface area contributed by atoms with E-state index in [1.54, 1.807) is 16.2 Å². The lowest BCUT2D eigenvalue weighted by molar-refractivity contribution is -0.131. The molecule has 1 heterocycles. The summed E-state index contributed by atoms with van der Waals surface area (Å²) in [4.78, 5) is 27.1. The Hall–Kier alpha value is -1.56. The van der Waals surface area contributed by atoms with Gasteiger partial charge < -0.3 is 15.5 Å². The monoisotopic (exact) mass is 351 g/mol. The van der Waals surface area contributed by atoms with Crippen molar-refractivity contribution in [3.63, 3.8) is 0 Å². The lowest BCUT2D eigenvalue weighted by atomic mass is 9.96. The lowest BCUT2D eigenvalue weighted by Crippen LogP contribution is -2.43. The molecule has 0 radical (unpaired) electrons.